The van der Waals surface area contributed by atoms with Crippen LogP contribution in [0.5, 0.6) is 0 Å². The van der Waals surface area contributed by atoms with Crippen LogP contribution >= 0.6 is 0 Å². The van der Waals surface area contributed by atoms with E-state index in [2.05, 4.69) is 51.1 Å². The molecule has 0 radical (unpaired) electrons. The summed E-state index contributed by atoms with van der Waals surface area (Å²) in [7, 11) is 0. The van der Waals surface area contributed by atoms with Crippen molar-refractivity contribution in [1.82, 2.24) is 9.55 Å². The molecule has 0 saturated heterocycles. The van der Waals surface area contributed by atoms with E-state index in [1.165, 1.54) is 5.69 Å². The molecule has 0 bridgehead atoms. The number of imidazole rings is 1. The van der Waals surface area contributed by atoms with Gasteiger partial charge in [0.25, 0.3) is 0 Å². The molecule has 1 atom stereocenters. The van der Waals surface area contributed by atoms with Crippen molar-refractivity contribution in [1.29, 1.82) is 0 Å². The molecule has 2 nitrogen and oxygen atoms in total. The van der Waals surface area contributed by atoms with Crippen LogP contribution in [0.25, 0.3) is 0 Å². The first-order chi connectivity index (χ1) is 6.90. The van der Waals surface area contributed by atoms with Gasteiger partial charge in [-0.15, -0.1) is 0 Å². The number of aromatic nitrogens is 2. The van der Waals surface area contributed by atoms with Crippen LogP contribution in [0.15, 0.2) is 12.5 Å². The van der Waals surface area contributed by atoms with Crippen molar-refractivity contribution in [3.05, 3.63) is 18.2 Å². The summed E-state index contributed by atoms with van der Waals surface area (Å²) in [6.07, 6.45) is 5.13. The van der Waals surface area contributed by atoms with Crippen molar-refractivity contribution in [3.8, 4) is 0 Å². The molecule has 0 aliphatic rings. The van der Waals surface area contributed by atoms with Crippen LogP contribution in [0.4, 0.5) is 0 Å². The Morgan fingerprint density at radius 1 is 1.33 bits per heavy atom. The molecule has 0 N–H and O–H groups in total. The summed E-state index contributed by atoms with van der Waals surface area (Å²) in [5.74, 6) is 0.644. The van der Waals surface area contributed by atoms with E-state index in [-0.39, 0.29) is 5.41 Å². The number of hydrogen-bond acceptors (Lipinski definition) is 1. The molecule has 0 saturated carbocycles. The zero-order valence-electron chi connectivity index (χ0n) is 10.9. The third kappa shape index (κ3) is 2.42. The summed E-state index contributed by atoms with van der Waals surface area (Å²) in [5.41, 5.74) is 1.57. The smallest absolute Gasteiger partial charge is 0.0950 e. The molecule has 0 fully saturated rings. The third-order valence-electron chi connectivity index (χ3n) is 3.65. The van der Waals surface area contributed by atoms with Gasteiger partial charge in [-0.3, -0.25) is 0 Å². The van der Waals surface area contributed by atoms with E-state index in [4.69, 9.17) is 0 Å². The van der Waals surface area contributed by atoms with Gasteiger partial charge in [0.1, 0.15) is 0 Å². The SMILES string of the molecule is CCC(C)(C)c1cncn1C(C)C(C)C. The molecule has 0 aliphatic carbocycles. The molecular weight excluding hydrogens is 184 g/mol. The summed E-state index contributed by atoms with van der Waals surface area (Å²) in [4.78, 5) is 4.30. The maximum Gasteiger partial charge on any atom is 0.0950 e. The van der Waals surface area contributed by atoms with Crippen LogP contribution < -0.4 is 0 Å². The van der Waals surface area contributed by atoms with E-state index in [0.717, 1.165) is 6.42 Å². The Morgan fingerprint density at radius 2 is 1.93 bits per heavy atom. The molecule has 1 aromatic heterocycles. The average molecular weight is 208 g/mol. The Kier molecular flexibility index (Phi) is 3.58. The average Bonchev–Trinajstić information content (AvgIpc) is 2.65. The molecule has 0 amide bonds. The number of nitrogens with zero attached hydrogens (tertiary/aromatic N) is 2. The van der Waals surface area contributed by atoms with Crippen LogP contribution in [0.1, 0.15) is 59.7 Å². The first-order valence-corrected chi connectivity index (χ1v) is 5.92. The van der Waals surface area contributed by atoms with Crippen molar-refractivity contribution in [2.75, 3.05) is 0 Å². The first-order valence-electron chi connectivity index (χ1n) is 5.92. The van der Waals surface area contributed by atoms with Gasteiger partial charge in [-0.2, -0.15) is 0 Å². The summed E-state index contributed by atoms with van der Waals surface area (Å²) >= 11 is 0. The molecule has 1 aromatic rings. The van der Waals surface area contributed by atoms with E-state index < -0.39 is 0 Å². The van der Waals surface area contributed by atoms with Crippen molar-refractivity contribution < 1.29 is 0 Å². The lowest BCUT2D eigenvalue weighted by molar-refractivity contribution is 0.365. The standard InChI is InChI=1S/C13H24N2/c1-7-13(5,6)12-8-14-9-15(12)11(4)10(2)3/h8-11H,7H2,1-6H3. The lowest BCUT2D eigenvalue weighted by Crippen LogP contribution is -2.23. The Hall–Kier alpha value is -0.790. The van der Waals surface area contributed by atoms with E-state index in [9.17, 15) is 0 Å². The van der Waals surface area contributed by atoms with Gasteiger partial charge in [-0.1, -0.05) is 34.6 Å². The van der Waals surface area contributed by atoms with Gasteiger partial charge in [0.05, 0.1) is 6.33 Å². The predicted molar refractivity (Wildman–Crippen MR) is 65.1 cm³/mol. The fraction of sp³-hybridized carbons (Fsp3) is 0.769. The van der Waals surface area contributed by atoms with Gasteiger partial charge in [0.2, 0.25) is 0 Å². The van der Waals surface area contributed by atoms with Gasteiger partial charge in [-0.25, -0.2) is 4.98 Å². The van der Waals surface area contributed by atoms with Crippen LogP contribution in [0.2, 0.25) is 0 Å². The molecular formula is C13H24N2. The van der Waals surface area contributed by atoms with E-state index in [1.807, 2.05) is 12.5 Å². The van der Waals surface area contributed by atoms with Gasteiger partial charge in [0, 0.05) is 23.3 Å². The van der Waals surface area contributed by atoms with Gasteiger partial charge >= 0.3 is 0 Å². The topological polar surface area (TPSA) is 17.8 Å². The normalized spacial score (nSPS) is 14.6. The Morgan fingerprint density at radius 3 is 2.40 bits per heavy atom. The zero-order chi connectivity index (χ0) is 11.6. The second kappa shape index (κ2) is 4.38. The molecule has 86 valence electrons. The van der Waals surface area contributed by atoms with Gasteiger partial charge < -0.3 is 4.57 Å². The summed E-state index contributed by atoms with van der Waals surface area (Å²) in [6, 6.07) is 0.522. The Bertz CT molecular complexity index is 310. The highest BCUT2D eigenvalue weighted by Gasteiger charge is 2.24. The van der Waals surface area contributed by atoms with Crippen LogP contribution in [-0.2, 0) is 5.41 Å². The molecule has 0 aromatic carbocycles. The largest absolute Gasteiger partial charge is 0.331 e. The van der Waals surface area contributed by atoms with E-state index >= 15 is 0 Å². The summed E-state index contributed by atoms with van der Waals surface area (Å²) in [6.45, 7) is 13.6. The van der Waals surface area contributed by atoms with Crippen molar-refractivity contribution >= 4 is 0 Å². The van der Waals surface area contributed by atoms with E-state index in [0.29, 0.717) is 12.0 Å². The quantitative estimate of drug-likeness (QED) is 0.736. The maximum atomic E-state index is 4.30. The first kappa shape index (κ1) is 12.3. The second-order valence-corrected chi connectivity index (χ2v) is 5.41. The Balaban J connectivity index is 3.06. The third-order valence-corrected chi connectivity index (χ3v) is 3.65. The molecule has 1 rings (SSSR count). The highest BCUT2D eigenvalue weighted by atomic mass is 15.1. The molecule has 0 spiro atoms. The minimum Gasteiger partial charge on any atom is -0.331 e. The van der Waals surface area contributed by atoms with Gasteiger partial charge in [-0.05, 0) is 19.3 Å². The van der Waals surface area contributed by atoms with Crippen LogP contribution in [0.3, 0.4) is 0 Å². The highest BCUT2D eigenvalue weighted by Crippen LogP contribution is 2.30. The molecule has 1 unspecified atom stereocenters. The summed E-state index contributed by atoms with van der Waals surface area (Å²) in [5, 5.41) is 0. The highest BCUT2D eigenvalue weighted by molar-refractivity contribution is 5.13. The molecule has 2 heteroatoms. The summed E-state index contributed by atoms with van der Waals surface area (Å²) < 4.78 is 2.33. The lowest BCUT2D eigenvalue weighted by Gasteiger charge is -2.28. The van der Waals surface area contributed by atoms with Crippen molar-refractivity contribution in [3.63, 3.8) is 0 Å². The predicted octanol–water partition coefficient (Wildman–Crippen LogP) is 3.79. The van der Waals surface area contributed by atoms with Crippen LogP contribution in [0, 0.1) is 5.92 Å². The van der Waals surface area contributed by atoms with E-state index in [1.54, 1.807) is 0 Å². The minimum atomic E-state index is 0.222. The number of hydrogen-bond donors (Lipinski definition) is 0. The lowest BCUT2D eigenvalue weighted by atomic mass is 9.86. The fourth-order valence-corrected chi connectivity index (χ4v) is 1.66. The molecule has 0 aliphatic heterocycles. The second-order valence-electron chi connectivity index (χ2n) is 5.41. The van der Waals surface area contributed by atoms with Gasteiger partial charge in [0.15, 0.2) is 0 Å². The van der Waals surface area contributed by atoms with Crippen LogP contribution in [-0.4, -0.2) is 9.55 Å². The minimum absolute atomic E-state index is 0.222. The van der Waals surface area contributed by atoms with Crippen molar-refractivity contribution in [2.24, 2.45) is 5.92 Å². The number of rotatable bonds is 4. The zero-order valence-corrected chi connectivity index (χ0v) is 10.9. The Labute approximate surface area is 93.7 Å². The monoisotopic (exact) mass is 208 g/mol. The van der Waals surface area contributed by atoms with Crippen molar-refractivity contribution in [2.45, 2.75) is 59.4 Å². The molecule has 15 heavy (non-hydrogen) atoms. The molecule has 1 heterocycles. The fourth-order valence-electron chi connectivity index (χ4n) is 1.66. The maximum absolute atomic E-state index is 4.30.